The maximum atomic E-state index is 11.4. The molecule has 0 bridgehead atoms. The fourth-order valence-electron chi connectivity index (χ4n) is 1.74. The molecule has 0 amide bonds. The summed E-state index contributed by atoms with van der Waals surface area (Å²) in [6, 6.07) is 3.38. The molecule has 3 aromatic heterocycles. The molecule has 0 aliphatic carbocycles. The van der Waals surface area contributed by atoms with Gasteiger partial charge in [0.2, 0.25) is 0 Å². The highest BCUT2D eigenvalue weighted by Crippen LogP contribution is 2.24. The van der Waals surface area contributed by atoms with E-state index in [1.165, 1.54) is 7.11 Å². The summed E-state index contributed by atoms with van der Waals surface area (Å²) in [5.41, 5.74) is 3.36. The van der Waals surface area contributed by atoms with E-state index in [1.807, 2.05) is 10.8 Å². The number of rotatable bonds is 4. The van der Waals surface area contributed by atoms with E-state index in [0.29, 0.717) is 11.3 Å². The quantitative estimate of drug-likeness (QED) is 0.592. The van der Waals surface area contributed by atoms with E-state index >= 15 is 0 Å². The molecule has 0 saturated carbocycles. The predicted molar refractivity (Wildman–Crippen MR) is 79.1 cm³/mol. The highest BCUT2D eigenvalue weighted by molar-refractivity contribution is 7.98. The topological polar surface area (TPSA) is 67.9 Å². The first-order valence-corrected chi connectivity index (χ1v) is 7.77. The zero-order chi connectivity index (χ0) is 13.9. The van der Waals surface area contributed by atoms with Crippen molar-refractivity contribution in [3.05, 3.63) is 40.3 Å². The highest BCUT2D eigenvalue weighted by Gasteiger charge is 2.08. The fourth-order valence-corrected chi connectivity index (χ4v) is 3.22. The number of aromatic nitrogens is 3. The molecule has 7 heteroatoms. The van der Waals surface area contributed by atoms with Gasteiger partial charge in [0.05, 0.1) is 23.9 Å². The van der Waals surface area contributed by atoms with Gasteiger partial charge in [-0.2, -0.15) is 0 Å². The van der Waals surface area contributed by atoms with Crippen molar-refractivity contribution in [1.29, 1.82) is 0 Å². The molecule has 0 saturated heterocycles. The van der Waals surface area contributed by atoms with Crippen LogP contribution in [-0.2, 0) is 10.5 Å². The number of H-pyrrole nitrogens is 1. The molecule has 3 rings (SSSR count). The van der Waals surface area contributed by atoms with Crippen LogP contribution in [0.1, 0.15) is 16.1 Å². The lowest BCUT2D eigenvalue weighted by molar-refractivity contribution is 0.0600. The van der Waals surface area contributed by atoms with Crippen molar-refractivity contribution in [3.8, 4) is 0 Å². The monoisotopic (exact) mass is 305 g/mol. The van der Waals surface area contributed by atoms with Gasteiger partial charge in [-0.15, -0.1) is 11.3 Å². The molecule has 20 heavy (non-hydrogen) atoms. The van der Waals surface area contributed by atoms with Crippen molar-refractivity contribution < 1.29 is 9.53 Å². The number of carbonyl (C=O) groups is 1. The van der Waals surface area contributed by atoms with Gasteiger partial charge in [0.15, 0.2) is 5.16 Å². The lowest BCUT2D eigenvalue weighted by Crippen LogP contribution is -2.02. The summed E-state index contributed by atoms with van der Waals surface area (Å²) in [4.78, 5) is 23.4. The maximum absolute atomic E-state index is 11.4. The van der Waals surface area contributed by atoms with Gasteiger partial charge in [-0.1, -0.05) is 11.8 Å². The standard InChI is InChI=1S/C13H11N3O2S2/c1-18-12(17)8-2-3-14-9(4-8)5-20-13-15-10-6-19-7-11(10)16-13/h2-4,6-7H,5H2,1H3,(H,15,16). The number of nitrogens with zero attached hydrogens (tertiary/aromatic N) is 2. The first kappa shape index (κ1) is 13.1. The number of thioether (sulfide) groups is 1. The Morgan fingerprint density at radius 3 is 3.20 bits per heavy atom. The molecule has 3 heterocycles. The van der Waals surface area contributed by atoms with E-state index in [0.717, 1.165) is 21.9 Å². The van der Waals surface area contributed by atoms with Gasteiger partial charge in [0, 0.05) is 22.7 Å². The number of esters is 1. The minimum Gasteiger partial charge on any atom is -0.465 e. The molecule has 0 radical (unpaired) electrons. The van der Waals surface area contributed by atoms with E-state index in [1.54, 1.807) is 41.4 Å². The molecule has 0 aliphatic heterocycles. The summed E-state index contributed by atoms with van der Waals surface area (Å²) in [5, 5.41) is 4.89. The Morgan fingerprint density at radius 1 is 1.50 bits per heavy atom. The van der Waals surface area contributed by atoms with Crippen LogP contribution in [0.5, 0.6) is 0 Å². The Kier molecular flexibility index (Phi) is 3.70. The lowest BCUT2D eigenvalue weighted by atomic mass is 10.2. The van der Waals surface area contributed by atoms with Crippen LogP contribution >= 0.6 is 23.1 Å². The average molecular weight is 305 g/mol. The highest BCUT2D eigenvalue weighted by atomic mass is 32.2. The maximum Gasteiger partial charge on any atom is 0.337 e. The molecule has 1 N–H and O–H groups in total. The van der Waals surface area contributed by atoms with E-state index in [4.69, 9.17) is 4.74 Å². The third-order valence-electron chi connectivity index (χ3n) is 2.70. The SMILES string of the molecule is COC(=O)c1ccnc(CSc2nc3cscc3[nH]2)c1. The Balaban J connectivity index is 1.71. The third kappa shape index (κ3) is 2.68. The number of pyridine rings is 1. The predicted octanol–water partition coefficient (Wildman–Crippen LogP) is 3.10. The normalized spacial score (nSPS) is 10.8. The number of hydrogen-bond acceptors (Lipinski definition) is 6. The van der Waals surface area contributed by atoms with Crippen LogP contribution in [0.4, 0.5) is 0 Å². The molecular weight excluding hydrogens is 294 g/mol. The molecule has 5 nitrogen and oxygen atoms in total. The first-order valence-electron chi connectivity index (χ1n) is 5.84. The Morgan fingerprint density at radius 2 is 2.40 bits per heavy atom. The second-order valence-corrected chi connectivity index (χ2v) is 5.74. The summed E-state index contributed by atoms with van der Waals surface area (Å²) in [6.45, 7) is 0. The Labute approximate surface area is 123 Å². The Bertz CT molecular complexity index is 722. The van der Waals surface area contributed by atoms with Gasteiger partial charge in [-0.3, -0.25) is 4.98 Å². The fraction of sp³-hybridized carbons (Fsp3) is 0.154. The summed E-state index contributed by atoms with van der Waals surface area (Å²) >= 11 is 3.18. The summed E-state index contributed by atoms with van der Waals surface area (Å²) < 4.78 is 4.69. The molecule has 3 aromatic rings. The number of carbonyl (C=O) groups excluding carboxylic acids is 1. The number of nitrogens with one attached hydrogen (secondary N) is 1. The first-order chi connectivity index (χ1) is 9.76. The van der Waals surface area contributed by atoms with E-state index in [9.17, 15) is 4.79 Å². The van der Waals surface area contributed by atoms with Crippen LogP contribution in [0.15, 0.2) is 34.2 Å². The number of imidazole rings is 1. The summed E-state index contributed by atoms with van der Waals surface area (Å²) in [6.07, 6.45) is 1.61. The van der Waals surface area contributed by atoms with Crippen molar-refractivity contribution in [2.24, 2.45) is 0 Å². The van der Waals surface area contributed by atoms with Gasteiger partial charge < -0.3 is 9.72 Å². The average Bonchev–Trinajstić information content (AvgIpc) is 3.05. The van der Waals surface area contributed by atoms with Crippen LogP contribution in [0.25, 0.3) is 11.0 Å². The van der Waals surface area contributed by atoms with Crippen LogP contribution in [0.2, 0.25) is 0 Å². The molecule has 0 unspecified atom stereocenters. The zero-order valence-corrected chi connectivity index (χ0v) is 12.3. The number of fused-ring (bicyclic) bond motifs is 1. The molecular formula is C13H11N3O2S2. The molecule has 0 spiro atoms. The molecule has 0 aromatic carbocycles. The molecule has 102 valence electrons. The smallest absolute Gasteiger partial charge is 0.337 e. The van der Waals surface area contributed by atoms with Crippen LogP contribution < -0.4 is 0 Å². The number of hydrogen-bond donors (Lipinski definition) is 1. The van der Waals surface area contributed by atoms with E-state index < -0.39 is 0 Å². The van der Waals surface area contributed by atoms with Gasteiger partial charge in [0.25, 0.3) is 0 Å². The van der Waals surface area contributed by atoms with Crippen molar-refractivity contribution in [3.63, 3.8) is 0 Å². The third-order valence-corrected chi connectivity index (χ3v) is 4.34. The van der Waals surface area contributed by atoms with E-state index in [2.05, 4.69) is 15.0 Å². The second-order valence-electron chi connectivity index (χ2n) is 4.03. The number of ether oxygens (including phenoxy) is 1. The molecule has 0 aliphatic rings. The summed E-state index contributed by atoms with van der Waals surface area (Å²) in [7, 11) is 1.37. The van der Waals surface area contributed by atoms with Gasteiger partial charge >= 0.3 is 5.97 Å². The van der Waals surface area contributed by atoms with Crippen molar-refractivity contribution >= 4 is 40.1 Å². The zero-order valence-electron chi connectivity index (χ0n) is 10.6. The summed E-state index contributed by atoms with van der Waals surface area (Å²) in [5.74, 6) is 0.293. The van der Waals surface area contributed by atoms with Crippen LogP contribution in [-0.4, -0.2) is 28.0 Å². The minimum absolute atomic E-state index is 0.350. The van der Waals surface area contributed by atoms with Crippen LogP contribution in [0.3, 0.4) is 0 Å². The van der Waals surface area contributed by atoms with Crippen LogP contribution in [0, 0.1) is 0 Å². The number of thiophene rings is 1. The lowest BCUT2D eigenvalue weighted by Gasteiger charge is -2.02. The number of aromatic amines is 1. The largest absolute Gasteiger partial charge is 0.465 e. The molecule has 0 fully saturated rings. The second kappa shape index (κ2) is 5.64. The number of methoxy groups -OCH3 is 1. The van der Waals surface area contributed by atoms with Gasteiger partial charge in [-0.05, 0) is 12.1 Å². The van der Waals surface area contributed by atoms with Crippen molar-refractivity contribution in [2.75, 3.05) is 7.11 Å². The van der Waals surface area contributed by atoms with E-state index in [-0.39, 0.29) is 5.97 Å². The van der Waals surface area contributed by atoms with Crippen molar-refractivity contribution in [2.45, 2.75) is 10.9 Å². The van der Waals surface area contributed by atoms with Gasteiger partial charge in [-0.25, -0.2) is 9.78 Å². The Hall–Kier alpha value is -1.86. The van der Waals surface area contributed by atoms with Gasteiger partial charge in [0.1, 0.15) is 5.52 Å². The minimum atomic E-state index is -0.350. The van der Waals surface area contributed by atoms with Crippen molar-refractivity contribution in [1.82, 2.24) is 15.0 Å². The molecule has 0 atom stereocenters.